The van der Waals surface area contributed by atoms with Crippen molar-refractivity contribution < 1.29 is 4.39 Å². The highest BCUT2D eigenvalue weighted by Gasteiger charge is 2.05. The van der Waals surface area contributed by atoms with Gasteiger partial charge in [0.25, 0.3) is 0 Å². The highest BCUT2D eigenvalue weighted by molar-refractivity contribution is 9.10. The van der Waals surface area contributed by atoms with Gasteiger partial charge in [0.05, 0.1) is 17.9 Å². The Morgan fingerprint density at radius 2 is 2.22 bits per heavy atom. The minimum absolute atomic E-state index is 0.258. The summed E-state index contributed by atoms with van der Waals surface area (Å²) in [7, 11) is 0. The van der Waals surface area contributed by atoms with Crippen LogP contribution in [0.2, 0.25) is 0 Å². The van der Waals surface area contributed by atoms with Gasteiger partial charge in [-0.15, -0.1) is 0 Å². The van der Waals surface area contributed by atoms with Crippen molar-refractivity contribution in [1.82, 2.24) is 9.78 Å². The maximum atomic E-state index is 13.6. The molecule has 18 heavy (non-hydrogen) atoms. The zero-order chi connectivity index (χ0) is 13.0. The number of aryl methyl sites for hydroxylation is 1. The molecule has 0 aliphatic carbocycles. The Morgan fingerprint density at radius 1 is 1.39 bits per heavy atom. The number of nitrogens with one attached hydrogen (secondary N) is 1. The van der Waals surface area contributed by atoms with Crippen molar-refractivity contribution in [2.75, 3.05) is 5.32 Å². The first kappa shape index (κ1) is 13.1. The Hall–Kier alpha value is -1.36. The predicted molar refractivity (Wildman–Crippen MR) is 73.9 cm³/mol. The maximum Gasteiger partial charge on any atom is 0.147 e. The third kappa shape index (κ3) is 3.10. The van der Waals surface area contributed by atoms with Crippen LogP contribution in [0, 0.1) is 5.82 Å². The van der Waals surface area contributed by atoms with Gasteiger partial charge in [0.2, 0.25) is 0 Å². The summed E-state index contributed by atoms with van der Waals surface area (Å²) >= 11 is 3.24. The first-order valence-corrected chi connectivity index (χ1v) is 6.69. The summed E-state index contributed by atoms with van der Waals surface area (Å²) in [5.41, 5.74) is 1.56. The molecule has 0 bridgehead atoms. The average molecular weight is 312 g/mol. The lowest BCUT2D eigenvalue weighted by Gasteiger charge is -2.09. The van der Waals surface area contributed by atoms with Crippen LogP contribution in [0.1, 0.15) is 19.0 Å². The normalized spacial score (nSPS) is 10.6. The summed E-state index contributed by atoms with van der Waals surface area (Å²) in [6.07, 6.45) is 2.80. The van der Waals surface area contributed by atoms with Gasteiger partial charge in [0.1, 0.15) is 5.82 Å². The van der Waals surface area contributed by atoms with Crippen LogP contribution in [0.15, 0.2) is 34.9 Å². The largest absolute Gasteiger partial charge is 0.377 e. The third-order valence-corrected chi connectivity index (χ3v) is 3.12. The van der Waals surface area contributed by atoms with E-state index in [1.54, 1.807) is 12.3 Å². The fourth-order valence-corrected chi connectivity index (χ4v) is 2.08. The third-order valence-electron chi connectivity index (χ3n) is 2.63. The Balaban J connectivity index is 2.04. The van der Waals surface area contributed by atoms with E-state index in [-0.39, 0.29) is 5.82 Å². The first-order chi connectivity index (χ1) is 8.70. The smallest absolute Gasteiger partial charge is 0.147 e. The maximum absolute atomic E-state index is 13.6. The van der Waals surface area contributed by atoms with Gasteiger partial charge in [0.15, 0.2) is 0 Å². The molecule has 96 valence electrons. The van der Waals surface area contributed by atoms with Crippen molar-refractivity contribution in [2.24, 2.45) is 0 Å². The minimum atomic E-state index is -0.258. The highest BCUT2D eigenvalue weighted by Crippen LogP contribution is 2.19. The zero-order valence-electron chi connectivity index (χ0n) is 10.2. The van der Waals surface area contributed by atoms with Crippen molar-refractivity contribution >= 4 is 21.6 Å². The zero-order valence-corrected chi connectivity index (χ0v) is 11.7. The summed E-state index contributed by atoms with van der Waals surface area (Å²) in [6.45, 7) is 3.55. The van der Waals surface area contributed by atoms with E-state index >= 15 is 0 Å². The number of aromatic nitrogens is 2. The molecule has 5 heteroatoms. The first-order valence-electron chi connectivity index (χ1n) is 5.90. The summed E-state index contributed by atoms with van der Waals surface area (Å²) in [5, 5.41) is 7.31. The second-order valence-corrected chi connectivity index (χ2v) is 4.94. The molecule has 0 aliphatic heterocycles. The lowest BCUT2D eigenvalue weighted by molar-refractivity contribution is 0.577. The second kappa shape index (κ2) is 6.00. The number of anilines is 1. The molecular formula is C13H15BrFN3. The molecule has 0 saturated heterocycles. The van der Waals surface area contributed by atoms with Crippen LogP contribution in [0.3, 0.4) is 0 Å². The summed E-state index contributed by atoms with van der Waals surface area (Å²) < 4.78 is 16.3. The molecule has 1 aromatic carbocycles. The number of rotatable bonds is 5. The van der Waals surface area contributed by atoms with E-state index in [4.69, 9.17) is 0 Å². The van der Waals surface area contributed by atoms with Gasteiger partial charge >= 0.3 is 0 Å². The van der Waals surface area contributed by atoms with E-state index in [9.17, 15) is 4.39 Å². The van der Waals surface area contributed by atoms with Crippen LogP contribution in [-0.2, 0) is 13.1 Å². The SMILES string of the molecule is CCCn1nccc1CNc1ccc(Br)cc1F. The quantitative estimate of drug-likeness (QED) is 0.910. The summed E-state index contributed by atoms with van der Waals surface area (Å²) in [6, 6.07) is 6.93. The minimum Gasteiger partial charge on any atom is -0.377 e. The van der Waals surface area contributed by atoms with Crippen LogP contribution in [0.5, 0.6) is 0 Å². The number of benzene rings is 1. The van der Waals surface area contributed by atoms with Crippen LogP contribution >= 0.6 is 15.9 Å². The van der Waals surface area contributed by atoms with E-state index in [0.717, 1.165) is 23.1 Å². The van der Waals surface area contributed by atoms with Crippen molar-refractivity contribution in [3.05, 3.63) is 46.4 Å². The van der Waals surface area contributed by atoms with Crippen molar-refractivity contribution in [1.29, 1.82) is 0 Å². The van der Waals surface area contributed by atoms with Gasteiger partial charge < -0.3 is 5.32 Å². The van der Waals surface area contributed by atoms with E-state index in [1.165, 1.54) is 6.07 Å². The Labute approximate surface area is 114 Å². The van der Waals surface area contributed by atoms with Crippen LogP contribution in [-0.4, -0.2) is 9.78 Å². The Bertz CT molecular complexity index is 525. The topological polar surface area (TPSA) is 29.9 Å². The van der Waals surface area contributed by atoms with Crippen LogP contribution in [0.25, 0.3) is 0 Å². The van der Waals surface area contributed by atoms with Gasteiger partial charge in [-0.05, 0) is 30.7 Å². The fraction of sp³-hybridized carbons (Fsp3) is 0.308. The molecule has 0 fully saturated rings. The molecule has 0 aliphatic rings. The molecule has 1 N–H and O–H groups in total. The van der Waals surface area contributed by atoms with Gasteiger partial charge in [-0.2, -0.15) is 5.10 Å². The fourth-order valence-electron chi connectivity index (χ4n) is 1.74. The van der Waals surface area contributed by atoms with Crippen LogP contribution in [0.4, 0.5) is 10.1 Å². The lowest BCUT2D eigenvalue weighted by Crippen LogP contribution is -2.09. The van der Waals surface area contributed by atoms with E-state index in [1.807, 2.05) is 16.8 Å². The molecule has 3 nitrogen and oxygen atoms in total. The van der Waals surface area contributed by atoms with E-state index in [0.29, 0.717) is 12.2 Å². The summed E-state index contributed by atoms with van der Waals surface area (Å²) in [4.78, 5) is 0. The molecule has 0 saturated carbocycles. The van der Waals surface area contributed by atoms with Crippen molar-refractivity contribution in [3.63, 3.8) is 0 Å². The molecule has 2 rings (SSSR count). The number of hydrogen-bond donors (Lipinski definition) is 1. The van der Waals surface area contributed by atoms with Crippen molar-refractivity contribution in [3.8, 4) is 0 Å². The second-order valence-electron chi connectivity index (χ2n) is 4.02. The van der Waals surface area contributed by atoms with Crippen LogP contribution < -0.4 is 5.32 Å². The molecule has 1 aromatic heterocycles. The molecule has 0 amide bonds. The molecular weight excluding hydrogens is 297 g/mol. The lowest BCUT2D eigenvalue weighted by atomic mass is 10.3. The van der Waals surface area contributed by atoms with Crippen molar-refractivity contribution in [2.45, 2.75) is 26.4 Å². The number of hydrogen-bond acceptors (Lipinski definition) is 2. The van der Waals surface area contributed by atoms with Gasteiger partial charge in [-0.25, -0.2) is 4.39 Å². The molecule has 2 aromatic rings. The van der Waals surface area contributed by atoms with Gasteiger partial charge in [0, 0.05) is 17.2 Å². The van der Waals surface area contributed by atoms with Gasteiger partial charge in [-0.3, -0.25) is 4.68 Å². The average Bonchev–Trinajstić information content (AvgIpc) is 2.76. The standard InChI is InChI=1S/C13H15BrFN3/c1-2-7-18-11(5-6-17-18)9-16-13-4-3-10(14)8-12(13)15/h3-6,8,16H,2,7,9H2,1H3. The Morgan fingerprint density at radius 3 is 2.94 bits per heavy atom. The number of halogens is 2. The molecule has 0 unspecified atom stereocenters. The molecule has 0 spiro atoms. The van der Waals surface area contributed by atoms with E-state index < -0.39 is 0 Å². The predicted octanol–water partition coefficient (Wildman–Crippen LogP) is 3.81. The number of nitrogens with zero attached hydrogens (tertiary/aromatic N) is 2. The van der Waals surface area contributed by atoms with Gasteiger partial charge in [-0.1, -0.05) is 22.9 Å². The molecule has 1 heterocycles. The molecule has 0 atom stereocenters. The Kier molecular flexibility index (Phi) is 4.36. The highest BCUT2D eigenvalue weighted by atomic mass is 79.9. The monoisotopic (exact) mass is 311 g/mol. The summed E-state index contributed by atoms with van der Waals surface area (Å²) in [5.74, 6) is -0.258. The van der Waals surface area contributed by atoms with E-state index in [2.05, 4.69) is 33.3 Å². The molecule has 0 radical (unpaired) electrons.